The highest BCUT2D eigenvalue weighted by Crippen LogP contribution is 2.10. The first-order valence-electron chi connectivity index (χ1n) is 7.55. The zero-order chi connectivity index (χ0) is 15.9. The van der Waals surface area contributed by atoms with Gasteiger partial charge in [0.05, 0.1) is 6.54 Å². The number of aromatic nitrogens is 2. The Morgan fingerprint density at radius 1 is 1.23 bits per heavy atom. The van der Waals surface area contributed by atoms with Crippen LogP contribution in [0.15, 0.2) is 28.8 Å². The third-order valence-electron chi connectivity index (χ3n) is 3.36. The van der Waals surface area contributed by atoms with Gasteiger partial charge in [-0.2, -0.15) is 4.98 Å². The highest BCUT2D eigenvalue weighted by Gasteiger charge is 2.12. The summed E-state index contributed by atoms with van der Waals surface area (Å²) in [5.74, 6) is 1.00. The second kappa shape index (κ2) is 7.89. The van der Waals surface area contributed by atoms with Crippen LogP contribution in [-0.4, -0.2) is 42.2 Å². The van der Waals surface area contributed by atoms with E-state index in [9.17, 15) is 4.39 Å². The van der Waals surface area contributed by atoms with Gasteiger partial charge in [0.25, 0.3) is 5.95 Å². The van der Waals surface area contributed by atoms with Crippen LogP contribution in [-0.2, 0) is 13.0 Å². The fourth-order valence-electron chi connectivity index (χ4n) is 2.25. The number of anilines is 1. The lowest BCUT2D eigenvalue weighted by Crippen LogP contribution is -2.26. The molecule has 0 bridgehead atoms. The Morgan fingerprint density at radius 2 is 2.05 bits per heavy atom. The summed E-state index contributed by atoms with van der Waals surface area (Å²) in [7, 11) is 3.75. The molecule has 0 aliphatic heterocycles. The zero-order valence-electron chi connectivity index (χ0n) is 13.4. The molecule has 0 aliphatic rings. The van der Waals surface area contributed by atoms with Crippen LogP contribution < -0.4 is 4.90 Å². The Bertz CT molecular complexity index is 585. The van der Waals surface area contributed by atoms with Gasteiger partial charge >= 0.3 is 0 Å². The first-order valence-corrected chi connectivity index (χ1v) is 7.55. The van der Waals surface area contributed by atoms with Gasteiger partial charge in [-0.1, -0.05) is 19.1 Å². The van der Waals surface area contributed by atoms with E-state index in [1.165, 1.54) is 6.07 Å². The van der Waals surface area contributed by atoms with E-state index in [-0.39, 0.29) is 5.82 Å². The van der Waals surface area contributed by atoms with Crippen LogP contribution in [0.3, 0.4) is 0 Å². The highest BCUT2D eigenvalue weighted by atomic mass is 19.1. The summed E-state index contributed by atoms with van der Waals surface area (Å²) in [5.41, 5.74) is 1.00. The van der Waals surface area contributed by atoms with Gasteiger partial charge < -0.3 is 9.42 Å². The third kappa shape index (κ3) is 4.80. The van der Waals surface area contributed by atoms with Crippen LogP contribution in [0.2, 0.25) is 0 Å². The molecule has 0 aliphatic carbocycles. The molecule has 22 heavy (non-hydrogen) atoms. The van der Waals surface area contributed by atoms with E-state index in [0.717, 1.165) is 31.5 Å². The van der Waals surface area contributed by atoms with Crippen LogP contribution >= 0.6 is 0 Å². The molecule has 1 heterocycles. The van der Waals surface area contributed by atoms with Gasteiger partial charge in [-0.15, -0.1) is 0 Å². The van der Waals surface area contributed by atoms with Crippen LogP contribution in [0.1, 0.15) is 24.8 Å². The summed E-state index contributed by atoms with van der Waals surface area (Å²) >= 11 is 0. The molecule has 0 unspecified atom stereocenters. The average molecular weight is 306 g/mol. The van der Waals surface area contributed by atoms with E-state index in [2.05, 4.69) is 22.0 Å². The monoisotopic (exact) mass is 306 g/mol. The number of nitrogens with zero attached hydrogens (tertiary/aromatic N) is 4. The summed E-state index contributed by atoms with van der Waals surface area (Å²) in [6.45, 7) is 4.52. The number of rotatable bonds is 8. The quantitative estimate of drug-likeness (QED) is 0.750. The maximum Gasteiger partial charge on any atom is 0.265 e. The minimum Gasteiger partial charge on any atom is -0.344 e. The van der Waals surface area contributed by atoms with Crippen molar-refractivity contribution in [1.82, 2.24) is 15.0 Å². The Balaban J connectivity index is 1.94. The average Bonchev–Trinajstić information content (AvgIpc) is 2.94. The molecule has 0 radical (unpaired) electrons. The van der Waals surface area contributed by atoms with Crippen LogP contribution in [0, 0.1) is 5.82 Å². The summed E-state index contributed by atoms with van der Waals surface area (Å²) in [5, 5.41) is 3.92. The SMILES string of the molecule is CCCN(CCc1cccc(F)c1)Cc1nc(N(C)C)no1. The van der Waals surface area contributed by atoms with Crippen molar-refractivity contribution in [3.63, 3.8) is 0 Å². The van der Waals surface area contributed by atoms with E-state index >= 15 is 0 Å². The van der Waals surface area contributed by atoms with Crippen molar-refractivity contribution in [2.75, 3.05) is 32.1 Å². The van der Waals surface area contributed by atoms with Crippen molar-refractivity contribution in [3.8, 4) is 0 Å². The second-order valence-corrected chi connectivity index (χ2v) is 5.54. The Morgan fingerprint density at radius 3 is 2.68 bits per heavy atom. The smallest absolute Gasteiger partial charge is 0.265 e. The van der Waals surface area contributed by atoms with Gasteiger partial charge in [-0.05, 0) is 42.2 Å². The minimum absolute atomic E-state index is 0.188. The maximum atomic E-state index is 13.2. The van der Waals surface area contributed by atoms with Crippen LogP contribution in [0.4, 0.5) is 10.3 Å². The Hall–Kier alpha value is -1.95. The largest absolute Gasteiger partial charge is 0.344 e. The van der Waals surface area contributed by atoms with Crippen molar-refractivity contribution >= 4 is 5.95 Å². The van der Waals surface area contributed by atoms with E-state index in [0.29, 0.717) is 18.4 Å². The fourth-order valence-corrected chi connectivity index (χ4v) is 2.25. The molecular formula is C16H23FN4O. The van der Waals surface area contributed by atoms with Crippen molar-refractivity contribution in [3.05, 3.63) is 41.5 Å². The molecule has 0 saturated heterocycles. The normalized spacial score (nSPS) is 11.1. The molecule has 0 amide bonds. The van der Waals surface area contributed by atoms with Gasteiger partial charge in [0.15, 0.2) is 0 Å². The second-order valence-electron chi connectivity index (χ2n) is 5.54. The first-order chi connectivity index (χ1) is 10.6. The lowest BCUT2D eigenvalue weighted by Gasteiger charge is -2.19. The topological polar surface area (TPSA) is 45.4 Å². The van der Waals surface area contributed by atoms with Gasteiger partial charge in [-0.3, -0.25) is 4.90 Å². The van der Waals surface area contributed by atoms with Crippen molar-refractivity contribution < 1.29 is 8.91 Å². The van der Waals surface area contributed by atoms with E-state index in [4.69, 9.17) is 4.52 Å². The lowest BCUT2D eigenvalue weighted by molar-refractivity contribution is 0.228. The van der Waals surface area contributed by atoms with Gasteiger partial charge in [0.2, 0.25) is 5.89 Å². The van der Waals surface area contributed by atoms with Crippen LogP contribution in [0.25, 0.3) is 0 Å². The lowest BCUT2D eigenvalue weighted by atomic mass is 10.1. The van der Waals surface area contributed by atoms with Gasteiger partial charge in [0, 0.05) is 20.6 Å². The molecule has 0 spiro atoms. The van der Waals surface area contributed by atoms with E-state index in [1.54, 1.807) is 12.1 Å². The molecule has 6 heteroatoms. The fraction of sp³-hybridized carbons (Fsp3) is 0.500. The molecular weight excluding hydrogens is 283 g/mol. The first kappa shape index (κ1) is 16.4. The van der Waals surface area contributed by atoms with Crippen molar-refractivity contribution in [1.29, 1.82) is 0 Å². The van der Waals surface area contributed by atoms with Crippen molar-refractivity contribution in [2.45, 2.75) is 26.3 Å². The molecule has 5 nitrogen and oxygen atoms in total. The van der Waals surface area contributed by atoms with Crippen LogP contribution in [0.5, 0.6) is 0 Å². The number of halogens is 1. The number of benzene rings is 1. The summed E-state index contributed by atoms with van der Waals surface area (Å²) in [6, 6.07) is 6.75. The third-order valence-corrected chi connectivity index (χ3v) is 3.36. The molecule has 1 aromatic heterocycles. The van der Waals surface area contributed by atoms with Gasteiger partial charge in [-0.25, -0.2) is 4.39 Å². The highest BCUT2D eigenvalue weighted by molar-refractivity contribution is 5.23. The molecule has 1 aromatic carbocycles. The standard InChI is InChI=1S/C16H23FN4O/c1-4-9-21(10-8-13-6-5-7-14(17)11-13)12-15-18-16(19-22-15)20(2)3/h5-7,11H,4,8-10,12H2,1-3H3. The predicted molar refractivity (Wildman–Crippen MR) is 84.3 cm³/mol. The van der Waals surface area contributed by atoms with E-state index < -0.39 is 0 Å². The molecule has 0 atom stereocenters. The molecule has 2 aromatic rings. The molecule has 2 rings (SSSR count). The van der Waals surface area contributed by atoms with Crippen molar-refractivity contribution in [2.24, 2.45) is 0 Å². The summed E-state index contributed by atoms with van der Waals surface area (Å²) in [6.07, 6.45) is 1.84. The number of hydrogen-bond donors (Lipinski definition) is 0. The maximum absolute atomic E-state index is 13.2. The molecule has 0 saturated carbocycles. The Labute approximate surface area is 130 Å². The predicted octanol–water partition coefficient (Wildman–Crippen LogP) is 2.73. The summed E-state index contributed by atoms with van der Waals surface area (Å²) < 4.78 is 18.5. The summed E-state index contributed by atoms with van der Waals surface area (Å²) in [4.78, 5) is 8.40. The molecule has 0 N–H and O–H groups in total. The molecule has 120 valence electrons. The zero-order valence-corrected chi connectivity index (χ0v) is 13.4. The molecule has 0 fully saturated rings. The minimum atomic E-state index is -0.188. The number of hydrogen-bond acceptors (Lipinski definition) is 5. The van der Waals surface area contributed by atoms with Gasteiger partial charge in [0.1, 0.15) is 5.82 Å². The van der Waals surface area contributed by atoms with E-state index in [1.807, 2.05) is 25.1 Å². The Kier molecular flexibility index (Phi) is 5.89.